The zero-order valence-corrected chi connectivity index (χ0v) is 17.3. The van der Waals surface area contributed by atoms with Crippen LogP contribution in [0.4, 0.5) is 15.8 Å². The Labute approximate surface area is 167 Å². The second-order valence-electron chi connectivity index (χ2n) is 6.88. The summed E-state index contributed by atoms with van der Waals surface area (Å²) >= 11 is 0. The van der Waals surface area contributed by atoms with Crippen LogP contribution in [0, 0.1) is 5.82 Å². The molecule has 152 valence electrons. The van der Waals surface area contributed by atoms with Crippen molar-refractivity contribution in [1.82, 2.24) is 5.32 Å². The summed E-state index contributed by atoms with van der Waals surface area (Å²) < 4.78 is 40.2. The van der Waals surface area contributed by atoms with Crippen LogP contribution >= 0.6 is 0 Å². The van der Waals surface area contributed by atoms with Gasteiger partial charge in [-0.25, -0.2) is 12.8 Å². The Bertz CT molecular complexity index is 906. The second-order valence-corrected chi connectivity index (χ2v) is 8.79. The predicted molar refractivity (Wildman–Crippen MR) is 112 cm³/mol. The summed E-state index contributed by atoms with van der Waals surface area (Å²) in [6.45, 7) is 9.10. The molecular formula is C21H28FN3O2S. The second kappa shape index (κ2) is 8.92. The van der Waals surface area contributed by atoms with Gasteiger partial charge in [-0.1, -0.05) is 6.07 Å². The van der Waals surface area contributed by atoms with Crippen molar-refractivity contribution < 1.29 is 12.8 Å². The molecule has 1 N–H and O–H groups in total. The molecule has 2 aromatic rings. The SMILES string of the molecule is CCN(CC)c1cc(N2CCCNCC2)ccc1S(=O)(=O)c1cccc(F)c1. The standard InChI is InChI=1S/C21H28FN3O2S/c1-3-24(4-2)20-16-18(25-13-6-11-23-12-14-25)9-10-21(20)28(26,27)19-8-5-7-17(22)15-19/h5,7-10,15-16,23H,3-4,6,11-14H2,1-2H3. The Morgan fingerprint density at radius 1 is 1.07 bits per heavy atom. The first-order valence-electron chi connectivity index (χ1n) is 9.82. The highest BCUT2D eigenvalue weighted by molar-refractivity contribution is 7.91. The van der Waals surface area contributed by atoms with E-state index in [4.69, 9.17) is 0 Å². The molecule has 0 aliphatic carbocycles. The molecule has 0 unspecified atom stereocenters. The minimum atomic E-state index is -3.82. The Morgan fingerprint density at radius 3 is 2.57 bits per heavy atom. The molecular weight excluding hydrogens is 377 g/mol. The van der Waals surface area contributed by atoms with Gasteiger partial charge >= 0.3 is 0 Å². The molecule has 1 fully saturated rings. The summed E-state index contributed by atoms with van der Waals surface area (Å²) in [4.78, 5) is 4.52. The van der Waals surface area contributed by atoms with Crippen LogP contribution in [0.15, 0.2) is 52.3 Å². The van der Waals surface area contributed by atoms with Gasteiger partial charge in [0.2, 0.25) is 9.84 Å². The molecule has 2 aromatic carbocycles. The van der Waals surface area contributed by atoms with E-state index in [1.807, 2.05) is 30.9 Å². The average molecular weight is 406 g/mol. The third-order valence-corrected chi connectivity index (χ3v) is 6.95. The van der Waals surface area contributed by atoms with Crippen molar-refractivity contribution in [1.29, 1.82) is 0 Å². The van der Waals surface area contributed by atoms with Crippen LogP contribution in [0.2, 0.25) is 0 Å². The molecule has 7 heteroatoms. The summed E-state index contributed by atoms with van der Waals surface area (Å²) in [6.07, 6.45) is 1.05. The lowest BCUT2D eigenvalue weighted by Crippen LogP contribution is -2.29. The maximum atomic E-state index is 13.7. The van der Waals surface area contributed by atoms with E-state index in [1.165, 1.54) is 18.2 Å². The number of rotatable bonds is 6. The third kappa shape index (κ3) is 4.31. The van der Waals surface area contributed by atoms with Gasteiger partial charge in [-0.2, -0.15) is 0 Å². The van der Waals surface area contributed by atoms with Gasteiger partial charge in [0.25, 0.3) is 0 Å². The largest absolute Gasteiger partial charge is 0.371 e. The Morgan fingerprint density at radius 2 is 1.86 bits per heavy atom. The molecule has 0 spiro atoms. The van der Waals surface area contributed by atoms with Gasteiger partial charge in [-0.15, -0.1) is 0 Å². The monoisotopic (exact) mass is 405 g/mol. The van der Waals surface area contributed by atoms with E-state index in [0.29, 0.717) is 18.8 Å². The smallest absolute Gasteiger partial charge is 0.208 e. The fourth-order valence-corrected chi connectivity index (χ4v) is 5.10. The Kier molecular flexibility index (Phi) is 6.57. The molecule has 0 atom stereocenters. The van der Waals surface area contributed by atoms with E-state index in [-0.39, 0.29) is 9.79 Å². The minimum absolute atomic E-state index is 0.0207. The summed E-state index contributed by atoms with van der Waals surface area (Å²) in [6, 6.07) is 10.7. The van der Waals surface area contributed by atoms with Gasteiger partial charge in [0, 0.05) is 38.4 Å². The number of benzene rings is 2. The first-order chi connectivity index (χ1) is 13.5. The number of nitrogens with one attached hydrogen (secondary N) is 1. The summed E-state index contributed by atoms with van der Waals surface area (Å²) in [5.41, 5.74) is 1.69. The Balaban J connectivity index is 2.09. The zero-order valence-electron chi connectivity index (χ0n) is 16.5. The zero-order chi connectivity index (χ0) is 20.1. The van der Waals surface area contributed by atoms with Crippen molar-refractivity contribution in [2.24, 2.45) is 0 Å². The van der Waals surface area contributed by atoms with Crippen LogP contribution in [0.3, 0.4) is 0 Å². The molecule has 5 nitrogen and oxygen atoms in total. The lowest BCUT2D eigenvalue weighted by molar-refractivity contribution is 0.590. The quantitative estimate of drug-likeness (QED) is 0.799. The minimum Gasteiger partial charge on any atom is -0.371 e. The summed E-state index contributed by atoms with van der Waals surface area (Å²) in [5, 5.41) is 3.39. The summed E-state index contributed by atoms with van der Waals surface area (Å²) in [5.74, 6) is -0.556. The predicted octanol–water partition coefficient (Wildman–Crippen LogP) is 3.30. The molecule has 28 heavy (non-hydrogen) atoms. The van der Waals surface area contributed by atoms with Crippen molar-refractivity contribution in [3.05, 3.63) is 48.3 Å². The van der Waals surface area contributed by atoms with Gasteiger partial charge in [-0.3, -0.25) is 0 Å². The van der Waals surface area contributed by atoms with Crippen molar-refractivity contribution in [3.8, 4) is 0 Å². The van der Waals surface area contributed by atoms with E-state index >= 15 is 0 Å². The van der Waals surface area contributed by atoms with Gasteiger partial charge in [0.1, 0.15) is 5.82 Å². The van der Waals surface area contributed by atoms with Gasteiger partial charge in [-0.05, 0) is 63.2 Å². The van der Waals surface area contributed by atoms with Crippen LogP contribution in [-0.2, 0) is 9.84 Å². The highest BCUT2D eigenvalue weighted by atomic mass is 32.2. The number of hydrogen-bond donors (Lipinski definition) is 1. The summed E-state index contributed by atoms with van der Waals surface area (Å²) in [7, 11) is -3.82. The van der Waals surface area contributed by atoms with Crippen LogP contribution in [0.1, 0.15) is 20.3 Å². The number of hydrogen-bond acceptors (Lipinski definition) is 5. The van der Waals surface area contributed by atoms with Crippen LogP contribution in [-0.4, -0.2) is 47.7 Å². The van der Waals surface area contributed by atoms with E-state index in [1.54, 1.807) is 6.07 Å². The average Bonchev–Trinajstić information content (AvgIpc) is 2.98. The van der Waals surface area contributed by atoms with E-state index < -0.39 is 15.7 Å². The number of sulfone groups is 1. The lowest BCUT2D eigenvalue weighted by Gasteiger charge is -2.28. The molecule has 1 aliphatic rings. The molecule has 1 aliphatic heterocycles. The van der Waals surface area contributed by atoms with Crippen molar-refractivity contribution in [2.45, 2.75) is 30.1 Å². The molecule has 0 amide bonds. The highest BCUT2D eigenvalue weighted by Gasteiger charge is 2.25. The number of halogens is 1. The molecule has 0 bridgehead atoms. The molecule has 3 rings (SSSR count). The highest BCUT2D eigenvalue weighted by Crippen LogP contribution is 2.34. The first-order valence-corrected chi connectivity index (χ1v) is 11.3. The normalized spacial score (nSPS) is 15.3. The number of nitrogens with zero attached hydrogens (tertiary/aromatic N) is 2. The molecule has 1 heterocycles. The topological polar surface area (TPSA) is 52.6 Å². The maximum Gasteiger partial charge on any atom is 0.208 e. The fraction of sp³-hybridized carbons (Fsp3) is 0.429. The molecule has 0 radical (unpaired) electrons. The van der Waals surface area contributed by atoms with Gasteiger partial charge in [0.05, 0.1) is 15.5 Å². The van der Waals surface area contributed by atoms with Gasteiger partial charge in [0.15, 0.2) is 0 Å². The first kappa shape index (κ1) is 20.6. The van der Waals surface area contributed by atoms with Crippen LogP contribution in [0.25, 0.3) is 0 Å². The van der Waals surface area contributed by atoms with Crippen molar-refractivity contribution >= 4 is 21.2 Å². The van der Waals surface area contributed by atoms with Crippen LogP contribution in [0.5, 0.6) is 0 Å². The van der Waals surface area contributed by atoms with Crippen LogP contribution < -0.4 is 15.1 Å². The molecule has 1 saturated heterocycles. The number of anilines is 2. The fourth-order valence-electron chi connectivity index (χ4n) is 3.61. The van der Waals surface area contributed by atoms with E-state index in [9.17, 15) is 12.8 Å². The van der Waals surface area contributed by atoms with Gasteiger partial charge < -0.3 is 15.1 Å². The molecule has 0 saturated carbocycles. The maximum absolute atomic E-state index is 13.7. The van der Waals surface area contributed by atoms with Crippen molar-refractivity contribution in [3.63, 3.8) is 0 Å². The third-order valence-electron chi connectivity index (χ3n) is 5.15. The lowest BCUT2D eigenvalue weighted by atomic mass is 10.2. The van der Waals surface area contributed by atoms with E-state index in [2.05, 4.69) is 10.2 Å². The van der Waals surface area contributed by atoms with E-state index in [0.717, 1.165) is 44.4 Å². The van der Waals surface area contributed by atoms with Crippen molar-refractivity contribution in [2.75, 3.05) is 49.1 Å². The Hall–Kier alpha value is -2.12. The molecule has 0 aromatic heterocycles.